The molecule has 0 bridgehead atoms. The van der Waals surface area contributed by atoms with Crippen LogP contribution in [0.3, 0.4) is 0 Å². The second-order valence-corrected chi connectivity index (χ2v) is 6.68. The van der Waals surface area contributed by atoms with Crippen molar-refractivity contribution in [3.8, 4) is 23.9 Å². The molecule has 2 heterocycles. The van der Waals surface area contributed by atoms with E-state index in [4.69, 9.17) is 11.6 Å². The van der Waals surface area contributed by atoms with E-state index >= 15 is 0 Å². The molecule has 0 amide bonds. The Morgan fingerprint density at radius 1 is 0.870 bits per heavy atom. The second kappa shape index (κ2) is 5.56. The highest BCUT2D eigenvalue weighted by Gasteiger charge is 2.22. The predicted octanol–water partition coefficient (Wildman–Crippen LogP) is 2.46. The molecule has 0 spiro atoms. The first-order valence-corrected chi connectivity index (χ1v) is 8.24. The molecule has 23 heavy (non-hydrogen) atoms. The van der Waals surface area contributed by atoms with Gasteiger partial charge in [0.2, 0.25) is 0 Å². The normalized spacial score (nSPS) is 14.0. The van der Waals surface area contributed by atoms with E-state index in [1.165, 1.54) is 23.5 Å². The van der Waals surface area contributed by atoms with Gasteiger partial charge in [-0.05, 0) is 36.1 Å². The molecule has 2 aliphatic heterocycles. The first-order chi connectivity index (χ1) is 11.3. The first-order valence-electron chi connectivity index (χ1n) is 6.61. The number of hydrazine groups is 1. The third-order valence-electron chi connectivity index (χ3n) is 3.32. The number of nitrogens with zero attached hydrogens (tertiary/aromatic N) is 2. The molecule has 2 aromatic rings. The van der Waals surface area contributed by atoms with Gasteiger partial charge in [-0.15, -0.1) is 0 Å². The van der Waals surface area contributed by atoms with Crippen LogP contribution in [-0.4, -0.2) is 10.1 Å². The van der Waals surface area contributed by atoms with E-state index in [0.717, 1.165) is 31.9 Å². The van der Waals surface area contributed by atoms with Crippen molar-refractivity contribution in [2.75, 3.05) is 0 Å². The Kier molecular flexibility index (Phi) is 3.40. The molecule has 5 nitrogen and oxygen atoms in total. The van der Waals surface area contributed by atoms with Crippen LogP contribution in [0.1, 0.15) is 0 Å². The second-order valence-electron chi connectivity index (χ2n) is 4.62. The number of nitrogens with one attached hydrogen (secondary N) is 1. The summed E-state index contributed by atoms with van der Waals surface area (Å²) in [6.45, 7) is 0. The zero-order valence-corrected chi connectivity index (χ0v) is 13.3. The lowest BCUT2D eigenvalue weighted by atomic mass is 10.1. The molecule has 2 aromatic carbocycles. The summed E-state index contributed by atoms with van der Waals surface area (Å²) in [5.41, 5.74) is 9.41. The van der Waals surface area contributed by atoms with Crippen molar-refractivity contribution in [2.45, 2.75) is 9.79 Å². The van der Waals surface area contributed by atoms with Crippen molar-refractivity contribution in [2.24, 2.45) is 21.6 Å². The molecule has 0 unspecified atom stereocenters. The van der Waals surface area contributed by atoms with Crippen LogP contribution in [0.4, 0.5) is 11.4 Å². The molecule has 110 valence electrons. The maximum atomic E-state index is 5.31. The van der Waals surface area contributed by atoms with Gasteiger partial charge in [-0.1, -0.05) is 23.5 Å². The highest BCUT2D eigenvalue weighted by molar-refractivity contribution is 8.15. The van der Waals surface area contributed by atoms with Gasteiger partial charge in [0.05, 0.1) is 11.4 Å². The molecule has 0 radical (unpaired) electrons. The number of hydrogen-bond acceptors (Lipinski definition) is 7. The Bertz CT molecular complexity index is 1030. The highest BCUT2D eigenvalue weighted by atomic mass is 32.2. The summed E-state index contributed by atoms with van der Waals surface area (Å²) in [4.78, 5) is 11.4. The van der Waals surface area contributed by atoms with Gasteiger partial charge in [0.1, 0.15) is 0 Å². The topological polar surface area (TPSA) is 88.8 Å². The number of nitrogens with two attached hydrogens (primary N) is 2. The number of hydrogen-bond donors (Lipinski definition) is 3. The van der Waals surface area contributed by atoms with Crippen molar-refractivity contribution in [1.29, 1.82) is 0 Å². The van der Waals surface area contributed by atoms with Crippen LogP contribution in [0.5, 0.6) is 0 Å². The Labute approximate surface area is 141 Å². The van der Waals surface area contributed by atoms with Gasteiger partial charge in [-0.3, -0.25) is 5.43 Å². The van der Waals surface area contributed by atoms with Crippen molar-refractivity contribution in [3.63, 3.8) is 0 Å². The molecule has 4 rings (SSSR count). The van der Waals surface area contributed by atoms with Gasteiger partial charge in [0.15, 0.2) is 10.1 Å². The van der Waals surface area contributed by atoms with Crippen LogP contribution in [-0.2, 0) is 0 Å². The summed E-state index contributed by atoms with van der Waals surface area (Å²) in [5, 5.41) is 3.62. The summed E-state index contributed by atoms with van der Waals surface area (Å²) >= 11 is 3.05. The minimum Gasteiger partial charge on any atom is -0.359 e. The largest absolute Gasteiger partial charge is 0.359 e. The van der Waals surface area contributed by atoms with Gasteiger partial charge in [0, 0.05) is 32.7 Å². The summed E-state index contributed by atoms with van der Waals surface area (Å²) in [7, 11) is 0. The van der Waals surface area contributed by atoms with Gasteiger partial charge < -0.3 is 5.73 Å². The molecule has 0 atom stereocenters. The number of thioether (sulfide) groups is 2. The van der Waals surface area contributed by atoms with Crippen LogP contribution in [0, 0.1) is 23.9 Å². The van der Waals surface area contributed by atoms with Crippen LogP contribution in [0.15, 0.2) is 44.0 Å². The van der Waals surface area contributed by atoms with Crippen molar-refractivity contribution >= 4 is 55.8 Å². The Morgan fingerprint density at radius 3 is 1.96 bits per heavy atom. The lowest BCUT2D eigenvalue weighted by Crippen LogP contribution is -2.14. The SMILES string of the molecule is NC#CC1=Nc2ccc3c4c(ccc(c24)S1)N=C(C#CNN)S3. The summed E-state index contributed by atoms with van der Waals surface area (Å²) in [6, 6.07) is 13.1. The minimum absolute atomic E-state index is 0.704. The average Bonchev–Trinajstić information content (AvgIpc) is 2.57. The van der Waals surface area contributed by atoms with E-state index in [1.807, 2.05) is 24.3 Å². The Morgan fingerprint density at radius 2 is 1.43 bits per heavy atom. The third kappa shape index (κ3) is 2.32. The average molecular weight is 335 g/mol. The Balaban J connectivity index is 1.96. The lowest BCUT2D eigenvalue weighted by molar-refractivity contribution is 1.01. The van der Waals surface area contributed by atoms with Gasteiger partial charge in [0.25, 0.3) is 0 Å². The predicted molar refractivity (Wildman–Crippen MR) is 96.9 cm³/mol. The molecular formula is C16H9N5S2. The van der Waals surface area contributed by atoms with Gasteiger partial charge >= 0.3 is 0 Å². The monoisotopic (exact) mass is 335 g/mol. The number of aliphatic imine (C=N–C) groups is 2. The third-order valence-corrected chi connectivity index (χ3v) is 5.21. The summed E-state index contributed by atoms with van der Waals surface area (Å²) in [5.74, 6) is 10.9. The maximum Gasteiger partial charge on any atom is 0.153 e. The zero-order chi connectivity index (χ0) is 15.8. The molecule has 5 N–H and O–H groups in total. The van der Waals surface area contributed by atoms with Crippen molar-refractivity contribution in [1.82, 2.24) is 5.43 Å². The minimum atomic E-state index is 0.704. The molecule has 0 aliphatic carbocycles. The highest BCUT2D eigenvalue weighted by Crippen LogP contribution is 2.49. The van der Waals surface area contributed by atoms with E-state index in [9.17, 15) is 0 Å². The van der Waals surface area contributed by atoms with Crippen LogP contribution in [0.2, 0.25) is 0 Å². The van der Waals surface area contributed by atoms with E-state index in [0.29, 0.717) is 10.1 Å². The fourth-order valence-corrected chi connectivity index (χ4v) is 4.29. The molecule has 0 saturated heterocycles. The summed E-state index contributed by atoms with van der Waals surface area (Å²) in [6.07, 6.45) is 0. The zero-order valence-electron chi connectivity index (χ0n) is 11.7. The fraction of sp³-hybridized carbons (Fsp3) is 0. The molecular weight excluding hydrogens is 326 g/mol. The van der Waals surface area contributed by atoms with Crippen LogP contribution in [0.25, 0.3) is 10.8 Å². The van der Waals surface area contributed by atoms with Crippen molar-refractivity contribution < 1.29 is 0 Å². The molecule has 2 aliphatic rings. The standard InChI is InChI=1S/C16H9N5S2/c17-7-5-13-20-9-1-4-12-16-10(2-3-11(22-13)15(9)16)21-14(23-12)6-8-19-18/h1-4,19H,17-18H2. The van der Waals surface area contributed by atoms with E-state index in [2.05, 4.69) is 39.3 Å². The fourth-order valence-electron chi connectivity index (χ4n) is 2.48. The molecule has 0 saturated carbocycles. The number of benzene rings is 2. The molecule has 0 aromatic heterocycles. The molecule has 7 heteroatoms. The van der Waals surface area contributed by atoms with E-state index in [-0.39, 0.29) is 0 Å². The van der Waals surface area contributed by atoms with E-state index < -0.39 is 0 Å². The van der Waals surface area contributed by atoms with Gasteiger partial charge in [-0.25, -0.2) is 15.8 Å². The lowest BCUT2D eigenvalue weighted by Gasteiger charge is -2.19. The van der Waals surface area contributed by atoms with Gasteiger partial charge in [-0.2, -0.15) is 0 Å². The Hall–Kier alpha value is -2.58. The first kappa shape index (κ1) is 14.0. The van der Waals surface area contributed by atoms with Crippen LogP contribution < -0.4 is 17.0 Å². The quantitative estimate of drug-likeness (QED) is 0.298. The van der Waals surface area contributed by atoms with E-state index in [1.54, 1.807) is 0 Å². The van der Waals surface area contributed by atoms with Crippen LogP contribution >= 0.6 is 23.5 Å². The summed E-state index contributed by atoms with van der Waals surface area (Å²) < 4.78 is 0. The smallest absolute Gasteiger partial charge is 0.153 e. The molecule has 0 fully saturated rings. The maximum absolute atomic E-state index is 5.31. The number of rotatable bonds is 0. The van der Waals surface area contributed by atoms with Crippen molar-refractivity contribution in [3.05, 3.63) is 24.3 Å².